The summed E-state index contributed by atoms with van der Waals surface area (Å²) >= 11 is 1.82. The fourth-order valence-electron chi connectivity index (χ4n) is 3.23. The molecule has 2 heterocycles. The second kappa shape index (κ2) is 9.59. The van der Waals surface area contributed by atoms with Crippen molar-refractivity contribution in [3.05, 3.63) is 46.7 Å². The molecule has 1 aliphatic rings. The molecule has 0 bridgehead atoms. The van der Waals surface area contributed by atoms with Gasteiger partial charge >= 0.3 is 6.03 Å². The monoisotopic (exact) mass is 373 g/mol. The van der Waals surface area contributed by atoms with E-state index in [-0.39, 0.29) is 6.03 Å². The summed E-state index contributed by atoms with van der Waals surface area (Å²) in [5.74, 6) is 1.24. The Balaban J connectivity index is 1.39. The van der Waals surface area contributed by atoms with Crippen molar-refractivity contribution in [2.24, 2.45) is 5.92 Å². The van der Waals surface area contributed by atoms with Gasteiger partial charge in [-0.3, -0.25) is 4.90 Å². The molecule has 1 fully saturated rings. The summed E-state index contributed by atoms with van der Waals surface area (Å²) in [6, 6.07) is 11.6. The van der Waals surface area contributed by atoms with Gasteiger partial charge in [0.15, 0.2) is 0 Å². The minimum absolute atomic E-state index is 0.168. The number of thiophene rings is 1. The minimum Gasteiger partial charge on any atom is -0.492 e. The molecule has 0 atom stereocenters. The molecule has 1 aromatic heterocycles. The number of ether oxygens (including phenoxy) is 1. The predicted octanol–water partition coefficient (Wildman–Crippen LogP) is 4.18. The first-order valence-electron chi connectivity index (χ1n) is 9.26. The summed E-state index contributed by atoms with van der Waals surface area (Å²) in [6.07, 6.45) is 2.25. The number of rotatable bonds is 7. The van der Waals surface area contributed by atoms with Crippen LogP contribution in [-0.2, 0) is 6.54 Å². The van der Waals surface area contributed by atoms with E-state index in [2.05, 4.69) is 33.0 Å². The Labute approximate surface area is 159 Å². The van der Waals surface area contributed by atoms with Crippen LogP contribution in [0.25, 0.3) is 0 Å². The van der Waals surface area contributed by atoms with Crippen LogP contribution in [0, 0.1) is 5.92 Å². The molecule has 140 valence electrons. The van der Waals surface area contributed by atoms with Crippen LogP contribution in [-0.4, -0.2) is 37.2 Å². The van der Waals surface area contributed by atoms with E-state index in [1.807, 2.05) is 42.5 Å². The number of hydrogen-bond donors (Lipinski definition) is 2. The topological polar surface area (TPSA) is 53.6 Å². The van der Waals surface area contributed by atoms with E-state index in [1.54, 1.807) is 0 Å². The van der Waals surface area contributed by atoms with Gasteiger partial charge in [0.25, 0.3) is 0 Å². The van der Waals surface area contributed by atoms with Crippen LogP contribution in [0.1, 0.15) is 24.6 Å². The third-order valence-corrected chi connectivity index (χ3v) is 5.51. The third-order valence-electron chi connectivity index (χ3n) is 4.65. The first-order chi connectivity index (χ1) is 12.7. The molecule has 1 aliphatic heterocycles. The molecule has 2 amide bonds. The third kappa shape index (κ3) is 5.47. The summed E-state index contributed by atoms with van der Waals surface area (Å²) in [5, 5.41) is 8.03. The van der Waals surface area contributed by atoms with Crippen molar-refractivity contribution in [2.45, 2.75) is 26.3 Å². The van der Waals surface area contributed by atoms with Crippen LogP contribution in [0.4, 0.5) is 10.5 Å². The Morgan fingerprint density at radius 2 is 2.04 bits per heavy atom. The molecule has 0 unspecified atom stereocenters. The lowest BCUT2D eigenvalue weighted by molar-refractivity contribution is 0.177. The first-order valence-corrected chi connectivity index (χ1v) is 10.1. The van der Waals surface area contributed by atoms with Crippen LogP contribution in [0.15, 0.2) is 41.8 Å². The lowest BCUT2D eigenvalue weighted by atomic mass is 9.97. The summed E-state index contributed by atoms with van der Waals surface area (Å²) in [5.41, 5.74) is 0.706. The molecule has 0 spiro atoms. The van der Waals surface area contributed by atoms with Gasteiger partial charge in [-0.25, -0.2) is 4.79 Å². The van der Waals surface area contributed by atoms with E-state index in [1.165, 1.54) is 4.88 Å². The van der Waals surface area contributed by atoms with Crippen molar-refractivity contribution >= 4 is 23.1 Å². The molecule has 1 aromatic carbocycles. The van der Waals surface area contributed by atoms with Crippen LogP contribution in [0.2, 0.25) is 0 Å². The van der Waals surface area contributed by atoms with Crippen molar-refractivity contribution in [1.82, 2.24) is 10.2 Å². The maximum absolute atomic E-state index is 12.2. The van der Waals surface area contributed by atoms with Crippen molar-refractivity contribution < 1.29 is 9.53 Å². The summed E-state index contributed by atoms with van der Waals surface area (Å²) < 4.78 is 5.54. The number of likely N-dealkylation sites (tertiary alicyclic amines) is 1. The van der Waals surface area contributed by atoms with Crippen molar-refractivity contribution in [2.75, 3.05) is 31.6 Å². The quantitative estimate of drug-likeness (QED) is 0.765. The molecule has 3 rings (SSSR count). The van der Waals surface area contributed by atoms with Gasteiger partial charge in [-0.1, -0.05) is 18.2 Å². The Bertz CT molecular complexity index is 682. The number of nitrogens with zero attached hydrogens (tertiary/aromatic N) is 1. The zero-order valence-corrected chi connectivity index (χ0v) is 16.1. The number of carbonyl (C=O) groups is 1. The molecule has 0 saturated carbocycles. The molecule has 2 aromatic rings. The second-order valence-electron chi connectivity index (χ2n) is 6.56. The zero-order chi connectivity index (χ0) is 18.2. The van der Waals surface area contributed by atoms with E-state index in [9.17, 15) is 4.79 Å². The smallest absolute Gasteiger partial charge is 0.319 e. The predicted molar refractivity (Wildman–Crippen MR) is 107 cm³/mol. The molecule has 0 radical (unpaired) electrons. The van der Waals surface area contributed by atoms with E-state index < -0.39 is 0 Å². The summed E-state index contributed by atoms with van der Waals surface area (Å²) in [7, 11) is 0. The molecule has 1 saturated heterocycles. The number of hydrogen-bond acceptors (Lipinski definition) is 4. The van der Waals surface area contributed by atoms with Gasteiger partial charge in [-0.05, 0) is 62.4 Å². The number of urea groups is 1. The lowest BCUT2D eigenvalue weighted by Gasteiger charge is -2.31. The zero-order valence-electron chi connectivity index (χ0n) is 15.2. The number of anilines is 1. The minimum atomic E-state index is -0.168. The Morgan fingerprint density at radius 3 is 2.77 bits per heavy atom. The highest BCUT2D eigenvalue weighted by Gasteiger charge is 2.20. The molecule has 26 heavy (non-hydrogen) atoms. The van der Waals surface area contributed by atoms with Gasteiger partial charge in [0.2, 0.25) is 0 Å². The average Bonchev–Trinajstić information content (AvgIpc) is 3.16. The Hall–Kier alpha value is -2.05. The second-order valence-corrected chi connectivity index (χ2v) is 7.60. The van der Waals surface area contributed by atoms with Gasteiger partial charge in [0, 0.05) is 18.0 Å². The molecular weight excluding hydrogens is 346 g/mol. The molecule has 5 nitrogen and oxygen atoms in total. The van der Waals surface area contributed by atoms with Crippen molar-refractivity contribution in [3.8, 4) is 5.75 Å². The van der Waals surface area contributed by atoms with E-state index in [0.29, 0.717) is 24.0 Å². The van der Waals surface area contributed by atoms with Crippen LogP contribution < -0.4 is 15.4 Å². The van der Waals surface area contributed by atoms with Gasteiger partial charge in [0.05, 0.1) is 12.3 Å². The maximum atomic E-state index is 12.2. The lowest BCUT2D eigenvalue weighted by Crippen LogP contribution is -2.39. The number of amides is 2. The normalized spacial score (nSPS) is 15.6. The molecule has 6 heteroatoms. The summed E-state index contributed by atoms with van der Waals surface area (Å²) in [4.78, 5) is 16.1. The highest BCUT2D eigenvalue weighted by molar-refractivity contribution is 7.09. The average molecular weight is 374 g/mol. The maximum Gasteiger partial charge on any atom is 0.319 e. The number of nitrogens with one attached hydrogen (secondary N) is 2. The van der Waals surface area contributed by atoms with Crippen LogP contribution in [0.3, 0.4) is 0 Å². The van der Waals surface area contributed by atoms with Gasteiger partial charge in [-0.15, -0.1) is 11.3 Å². The van der Waals surface area contributed by atoms with Gasteiger partial charge < -0.3 is 15.4 Å². The number of piperidine rings is 1. The van der Waals surface area contributed by atoms with E-state index in [4.69, 9.17) is 4.74 Å². The fourth-order valence-corrected chi connectivity index (χ4v) is 3.97. The van der Waals surface area contributed by atoms with Gasteiger partial charge in [0.1, 0.15) is 5.75 Å². The number of para-hydroxylation sites is 2. The van der Waals surface area contributed by atoms with Crippen molar-refractivity contribution in [3.63, 3.8) is 0 Å². The van der Waals surface area contributed by atoms with Gasteiger partial charge in [-0.2, -0.15) is 0 Å². The summed E-state index contributed by atoms with van der Waals surface area (Å²) in [6.45, 7) is 6.46. The van der Waals surface area contributed by atoms with Crippen LogP contribution in [0.5, 0.6) is 5.75 Å². The fraction of sp³-hybridized carbons (Fsp3) is 0.450. The van der Waals surface area contributed by atoms with E-state index >= 15 is 0 Å². The molecule has 2 N–H and O–H groups in total. The highest BCUT2D eigenvalue weighted by Crippen LogP contribution is 2.24. The standard InChI is InChI=1S/C20H27N3O2S/c1-2-25-19-8-4-3-7-18(19)22-20(24)21-14-16-9-11-23(12-10-16)15-17-6-5-13-26-17/h3-8,13,16H,2,9-12,14-15H2,1H3,(H2,21,22,24). The largest absolute Gasteiger partial charge is 0.492 e. The highest BCUT2D eigenvalue weighted by atomic mass is 32.1. The molecule has 0 aliphatic carbocycles. The Morgan fingerprint density at radius 1 is 1.23 bits per heavy atom. The van der Waals surface area contributed by atoms with E-state index in [0.717, 1.165) is 39.0 Å². The Kier molecular flexibility index (Phi) is 6.91. The number of benzene rings is 1. The first kappa shape index (κ1) is 18.7. The molecular formula is C20H27N3O2S. The van der Waals surface area contributed by atoms with Crippen LogP contribution >= 0.6 is 11.3 Å². The SMILES string of the molecule is CCOc1ccccc1NC(=O)NCC1CCN(Cc2cccs2)CC1. The van der Waals surface area contributed by atoms with Crippen molar-refractivity contribution in [1.29, 1.82) is 0 Å². The number of carbonyl (C=O) groups excluding carboxylic acids is 1.